The molecule has 1 atom stereocenters. The lowest BCUT2D eigenvalue weighted by atomic mass is 10.3. The Kier molecular flexibility index (Phi) is 4.90. The number of hydrogen-bond acceptors (Lipinski definition) is 5. The van der Waals surface area contributed by atoms with Crippen molar-refractivity contribution in [3.63, 3.8) is 0 Å². The normalized spacial score (nSPS) is 20.1. The van der Waals surface area contributed by atoms with Gasteiger partial charge in [-0.15, -0.1) is 0 Å². The summed E-state index contributed by atoms with van der Waals surface area (Å²) in [6.45, 7) is 2.40. The van der Waals surface area contributed by atoms with Crippen LogP contribution < -0.4 is 10.1 Å². The highest BCUT2D eigenvalue weighted by Crippen LogP contribution is 2.21. The molecule has 1 heterocycles. The van der Waals surface area contributed by atoms with Gasteiger partial charge < -0.3 is 14.8 Å². The van der Waals surface area contributed by atoms with Crippen molar-refractivity contribution in [3.05, 3.63) is 24.3 Å². The van der Waals surface area contributed by atoms with Gasteiger partial charge in [0.1, 0.15) is 18.5 Å². The number of hydrogen-bond donors (Lipinski definition) is 1. The maximum atomic E-state index is 12.3. The number of benzene rings is 1. The van der Waals surface area contributed by atoms with Gasteiger partial charge in [-0.05, 0) is 24.3 Å². The minimum Gasteiger partial charge on any atom is -0.491 e. The molecule has 1 N–H and O–H groups in total. The van der Waals surface area contributed by atoms with Crippen LogP contribution in [0.3, 0.4) is 0 Å². The zero-order chi connectivity index (χ0) is 14.6. The third-order valence-electron chi connectivity index (χ3n) is 2.83. The molecular weight excluding hydrogens is 292 g/mol. The molecule has 8 heteroatoms. The SMILES string of the molecule is O=S(=O)(c1ccc(OCC2CNCCO2)cc1)C(F)F. The Labute approximate surface area is 115 Å². The Morgan fingerprint density at radius 1 is 1.35 bits per heavy atom. The maximum absolute atomic E-state index is 12.3. The molecule has 1 aliphatic heterocycles. The topological polar surface area (TPSA) is 64.6 Å². The molecule has 0 spiro atoms. The maximum Gasteiger partial charge on any atom is 0.341 e. The van der Waals surface area contributed by atoms with E-state index in [2.05, 4.69) is 5.32 Å². The smallest absolute Gasteiger partial charge is 0.341 e. The number of nitrogens with one attached hydrogen (secondary N) is 1. The largest absolute Gasteiger partial charge is 0.491 e. The minimum absolute atomic E-state index is 0.0757. The van der Waals surface area contributed by atoms with Gasteiger partial charge >= 0.3 is 5.76 Å². The van der Waals surface area contributed by atoms with Crippen molar-refractivity contribution in [3.8, 4) is 5.75 Å². The molecule has 0 radical (unpaired) electrons. The fourth-order valence-corrected chi connectivity index (χ4v) is 2.47. The third kappa shape index (κ3) is 3.65. The highest BCUT2D eigenvalue weighted by molar-refractivity contribution is 7.91. The molecule has 1 fully saturated rings. The van der Waals surface area contributed by atoms with Crippen molar-refractivity contribution in [2.75, 3.05) is 26.3 Å². The lowest BCUT2D eigenvalue weighted by Crippen LogP contribution is -2.41. The number of ether oxygens (including phenoxy) is 2. The summed E-state index contributed by atoms with van der Waals surface area (Å²) in [7, 11) is -4.55. The van der Waals surface area contributed by atoms with Crippen molar-refractivity contribution >= 4 is 9.84 Å². The molecule has 1 saturated heterocycles. The van der Waals surface area contributed by atoms with Crippen LogP contribution in [0.1, 0.15) is 0 Å². The second-order valence-corrected chi connectivity index (χ2v) is 6.20. The molecular formula is C12H15F2NO4S. The van der Waals surface area contributed by atoms with Gasteiger partial charge in [0.05, 0.1) is 11.5 Å². The zero-order valence-electron chi connectivity index (χ0n) is 10.6. The Bertz CT molecular complexity index is 527. The molecule has 5 nitrogen and oxygen atoms in total. The molecule has 2 rings (SSSR count). The summed E-state index contributed by atoms with van der Waals surface area (Å²) in [6.07, 6.45) is -0.0757. The van der Waals surface area contributed by atoms with E-state index in [1.54, 1.807) is 0 Å². The summed E-state index contributed by atoms with van der Waals surface area (Å²) in [5.74, 6) is -3.01. The second kappa shape index (κ2) is 6.47. The van der Waals surface area contributed by atoms with Crippen LogP contribution in [0.4, 0.5) is 8.78 Å². The number of alkyl halides is 2. The third-order valence-corrected chi connectivity index (χ3v) is 4.23. The van der Waals surface area contributed by atoms with Gasteiger partial charge in [0.2, 0.25) is 9.84 Å². The van der Waals surface area contributed by atoms with Crippen LogP contribution in [0.15, 0.2) is 29.2 Å². The first-order chi connectivity index (χ1) is 9.50. The van der Waals surface area contributed by atoms with Crippen molar-refractivity contribution in [1.29, 1.82) is 0 Å². The average molecular weight is 307 g/mol. The summed E-state index contributed by atoms with van der Waals surface area (Å²) >= 11 is 0. The van der Waals surface area contributed by atoms with Gasteiger partial charge in [0.15, 0.2) is 0 Å². The number of sulfone groups is 1. The molecule has 20 heavy (non-hydrogen) atoms. The molecule has 1 aromatic carbocycles. The minimum atomic E-state index is -4.55. The highest BCUT2D eigenvalue weighted by atomic mass is 32.2. The number of morpholine rings is 1. The Hall–Kier alpha value is -1.25. The van der Waals surface area contributed by atoms with E-state index in [1.165, 1.54) is 12.1 Å². The average Bonchev–Trinajstić information content (AvgIpc) is 2.46. The van der Waals surface area contributed by atoms with E-state index < -0.39 is 20.5 Å². The molecule has 112 valence electrons. The molecule has 0 aliphatic carbocycles. The Balaban J connectivity index is 1.94. The first kappa shape index (κ1) is 15.1. The van der Waals surface area contributed by atoms with Crippen LogP contribution in [0.25, 0.3) is 0 Å². The van der Waals surface area contributed by atoms with Crippen LogP contribution in [0.2, 0.25) is 0 Å². The van der Waals surface area contributed by atoms with E-state index >= 15 is 0 Å². The molecule has 0 saturated carbocycles. The molecule has 0 aromatic heterocycles. The van der Waals surface area contributed by atoms with E-state index in [4.69, 9.17) is 9.47 Å². The summed E-state index contributed by atoms with van der Waals surface area (Å²) in [5, 5.41) is 3.14. The zero-order valence-corrected chi connectivity index (χ0v) is 11.4. The van der Waals surface area contributed by atoms with Crippen LogP contribution in [0, 0.1) is 0 Å². The first-order valence-electron chi connectivity index (χ1n) is 6.07. The molecule has 1 unspecified atom stereocenters. The van der Waals surface area contributed by atoms with Crippen LogP contribution in [-0.4, -0.2) is 46.6 Å². The monoisotopic (exact) mass is 307 g/mol. The van der Waals surface area contributed by atoms with Gasteiger partial charge in [-0.25, -0.2) is 8.42 Å². The summed E-state index contributed by atoms with van der Waals surface area (Å²) in [6, 6.07) is 4.92. The standard InChI is InChI=1S/C12H15F2NO4S/c13-12(14)20(16,17)11-3-1-9(2-4-11)19-8-10-7-15-5-6-18-10/h1-4,10,12,15H,5-8H2. The van der Waals surface area contributed by atoms with Crippen LogP contribution >= 0.6 is 0 Å². The predicted octanol–water partition coefficient (Wildman–Crippen LogP) is 1.05. The summed E-state index contributed by atoms with van der Waals surface area (Å²) in [4.78, 5) is -0.421. The first-order valence-corrected chi connectivity index (χ1v) is 7.62. The fourth-order valence-electron chi connectivity index (χ4n) is 1.74. The van der Waals surface area contributed by atoms with Gasteiger partial charge in [0.25, 0.3) is 0 Å². The fraction of sp³-hybridized carbons (Fsp3) is 0.500. The van der Waals surface area contributed by atoms with Gasteiger partial charge in [-0.2, -0.15) is 8.78 Å². The summed E-state index contributed by atoms with van der Waals surface area (Å²) in [5.41, 5.74) is 0. The van der Waals surface area contributed by atoms with E-state index in [0.29, 0.717) is 25.5 Å². The van der Waals surface area contributed by atoms with Gasteiger partial charge in [-0.3, -0.25) is 0 Å². The number of halogens is 2. The van der Waals surface area contributed by atoms with E-state index in [9.17, 15) is 17.2 Å². The lowest BCUT2D eigenvalue weighted by molar-refractivity contribution is 0.000184. The molecule has 0 bridgehead atoms. The van der Waals surface area contributed by atoms with E-state index in [-0.39, 0.29) is 6.10 Å². The van der Waals surface area contributed by atoms with Crippen LogP contribution in [-0.2, 0) is 14.6 Å². The van der Waals surface area contributed by atoms with Crippen molar-refractivity contribution in [1.82, 2.24) is 5.32 Å². The Morgan fingerprint density at radius 3 is 2.60 bits per heavy atom. The van der Waals surface area contributed by atoms with Gasteiger partial charge in [0, 0.05) is 13.1 Å². The van der Waals surface area contributed by atoms with Crippen molar-refractivity contribution in [2.24, 2.45) is 0 Å². The highest BCUT2D eigenvalue weighted by Gasteiger charge is 2.26. The van der Waals surface area contributed by atoms with Gasteiger partial charge in [-0.1, -0.05) is 0 Å². The van der Waals surface area contributed by atoms with Crippen molar-refractivity contribution in [2.45, 2.75) is 16.8 Å². The molecule has 0 amide bonds. The molecule has 1 aliphatic rings. The van der Waals surface area contributed by atoms with Crippen molar-refractivity contribution < 1.29 is 26.7 Å². The quantitative estimate of drug-likeness (QED) is 0.881. The van der Waals surface area contributed by atoms with E-state index in [0.717, 1.165) is 18.7 Å². The number of rotatable bonds is 5. The Morgan fingerprint density at radius 2 is 2.05 bits per heavy atom. The van der Waals surface area contributed by atoms with Crippen LogP contribution in [0.5, 0.6) is 5.75 Å². The second-order valence-electron chi connectivity index (χ2n) is 4.28. The summed E-state index contributed by atoms with van der Waals surface area (Å²) < 4.78 is 58.0. The van der Waals surface area contributed by atoms with E-state index in [1.807, 2.05) is 0 Å². The lowest BCUT2D eigenvalue weighted by Gasteiger charge is -2.23. The molecule has 1 aromatic rings. The predicted molar refractivity (Wildman–Crippen MR) is 67.7 cm³/mol.